The summed E-state index contributed by atoms with van der Waals surface area (Å²) in [6.07, 6.45) is 2.20. The second-order valence-electron chi connectivity index (χ2n) is 5.31. The summed E-state index contributed by atoms with van der Waals surface area (Å²) in [4.78, 5) is 0. The number of fused-ring (bicyclic) bond motifs is 3. The Balaban J connectivity index is 2.09. The maximum Gasteiger partial charge on any atom is 0.0491 e. The largest absolute Gasteiger partial charge is 0.340 e. The Morgan fingerprint density at radius 3 is 2.00 bits per heavy atom. The molecule has 0 saturated heterocycles. The molecule has 2 heteroatoms. The van der Waals surface area contributed by atoms with Gasteiger partial charge in [0.1, 0.15) is 0 Å². The number of aromatic nitrogens is 1. The van der Waals surface area contributed by atoms with E-state index in [2.05, 4.69) is 60.0 Å². The van der Waals surface area contributed by atoms with Crippen molar-refractivity contribution in [1.82, 2.24) is 4.57 Å². The SMILES string of the molecule is CC(N)CCCn1c2ccccc2c2ccccc21. The average molecular weight is 252 g/mol. The standard InChI is InChI=1S/C17H20N2/c1-13(18)7-6-12-19-16-10-4-2-8-14(16)15-9-3-5-11-17(15)19/h2-5,8-11,13H,6-7,12,18H2,1H3. The quantitative estimate of drug-likeness (QED) is 0.749. The molecule has 0 radical (unpaired) electrons. The van der Waals surface area contributed by atoms with E-state index in [0.29, 0.717) is 0 Å². The van der Waals surface area contributed by atoms with Gasteiger partial charge in [-0.1, -0.05) is 36.4 Å². The number of hydrogen-bond acceptors (Lipinski definition) is 1. The Kier molecular flexibility index (Phi) is 3.26. The summed E-state index contributed by atoms with van der Waals surface area (Å²) in [5.74, 6) is 0. The second-order valence-corrected chi connectivity index (χ2v) is 5.31. The van der Waals surface area contributed by atoms with E-state index in [4.69, 9.17) is 5.73 Å². The minimum Gasteiger partial charge on any atom is -0.340 e. The van der Waals surface area contributed by atoms with Crippen LogP contribution in [0, 0.1) is 0 Å². The van der Waals surface area contributed by atoms with Crippen LogP contribution in [0.2, 0.25) is 0 Å². The molecule has 1 heterocycles. The number of nitrogens with zero attached hydrogens (tertiary/aromatic N) is 1. The van der Waals surface area contributed by atoms with Crippen LogP contribution in [-0.4, -0.2) is 10.6 Å². The van der Waals surface area contributed by atoms with Crippen molar-refractivity contribution in [3.63, 3.8) is 0 Å². The Morgan fingerprint density at radius 2 is 1.47 bits per heavy atom. The summed E-state index contributed by atoms with van der Waals surface area (Å²) in [7, 11) is 0. The van der Waals surface area contributed by atoms with Crippen LogP contribution in [0.15, 0.2) is 48.5 Å². The van der Waals surface area contributed by atoms with Crippen molar-refractivity contribution in [2.75, 3.05) is 0 Å². The third-order valence-electron chi connectivity index (χ3n) is 3.72. The van der Waals surface area contributed by atoms with Crippen LogP contribution in [0.3, 0.4) is 0 Å². The molecule has 0 bridgehead atoms. The van der Waals surface area contributed by atoms with E-state index in [1.807, 2.05) is 0 Å². The molecule has 1 atom stereocenters. The van der Waals surface area contributed by atoms with Crippen molar-refractivity contribution in [3.05, 3.63) is 48.5 Å². The summed E-state index contributed by atoms with van der Waals surface area (Å²) < 4.78 is 2.42. The first-order chi connectivity index (χ1) is 9.27. The van der Waals surface area contributed by atoms with Gasteiger partial charge in [-0.25, -0.2) is 0 Å². The van der Waals surface area contributed by atoms with Gasteiger partial charge in [-0.15, -0.1) is 0 Å². The van der Waals surface area contributed by atoms with E-state index in [1.165, 1.54) is 21.8 Å². The van der Waals surface area contributed by atoms with Crippen molar-refractivity contribution in [3.8, 4) is 0 Å². The van der Waals surface area contributed by atoms with Crippen molar-refractivity contribution in [2.45, 2.75) is 32.4 Å². The molecule has 98 valence electrons. The van der Waals surface area contributed by atoms with Crippen molar-refractivity contribution < 1.29 is 0 Å². The topological polar surface area (TPSA) is 30.9 Å². The van der Waals surface area contributed by atoms with Crippen molar-refractivity contribution in [2.24, 2.45) is 5.73 Å². The van der Waals surface area contributed by atoms with Crippen LogP contribution in [0.5, 0.6) is 0 Å². The van der Waals surface area contributed by atoms with Gasteiger partial charge in [0.25, 0.3) is 0 Å². The monoisotopic (exact) mass is 252 g/mol. The van der Waals surface area contributed by atoms with Crippen LogP contribution in [0.25, 0.3) is 21.8 Å². The first kappa shape index (κ1) is 12.2. The summed E-state index contributed by atoms with van der Waals surface area (Å²) in [6.45, 7) is 3.11. The predicted octanol–water partition coefficient (Wildman–Crippen LogP) is 3.92. The lowest BCUT2D eigenvalue weighted by atomic mass is 10.2. The van der Waals surface area contributed by atoms with E-state index < -0.39 is 0 Å². The maximum absolute atomic E-state index is 5.85. The van der Waals surface area contributed by atoms with Crippen LogP contribution >= 0.6 is 0 Å². The molecule has 2 aromatic carbocycles. The highest BCUT2D eigenvalue weighted by Gasteiger charge is 2.09. The van der Waals surface area contributed by atoms with Crippen LogP contribution in [0.4, 0.5) is 0 Å². The lowest BCUT2D eigenvalue weighted by Gasteiger charge is -2.09. The number of benzene rings is 2. The molecule has 0 saturated carbocycles. The lowest BCUT2D eigenvalue weighted by molar-refractivity contribution is 0.574. The van der Waals surface area contributed by atoms with Gasteiger partial charge in [-0.3, -0.25) is 0 Å². The predicted molar refractivity (Wildman–Crippen MR) is 82.3 cm³/mol. The van der Waals surface area contributed by atoms with Gasteiger partial charge in [0.2, 0.25) is 0 Å². The van der Waals surface area contributed by atoms with E-state index in [9.17, 15) is 0 Å². The highest BCUT2D eigenvalue weighted by atomic mass is 15.0. The molecule has 2 nitrogen and oxygen atoms in total. The van der Waals surface area contributed by atoms with Crippen LogP contribution < -0.4 is 5.73 Å². The Labute approximate surface area is 113 Å². The molecule has 0 fully saturated rings. The summed E-state index contributed by atoms with van der Waals surface area (Å²) >= 11 is 0. The lowest BCUT2D eigenvalue weighted by Crippen LogP contribution is -2.15. The van der Waals surface area contributed by atoms with Gasteiger partial charge in [0, 0.05) is 34.4 Å². The third-order valence-corrected chi connectivity index (χ3v) is 3.72. The fourth-order valence-electron chi connectivity index (χ4n) is 2.82. The fourth-order valence-corrected chi connectivity index (χ4v) is 2.82. The summed E-state index contributed by atoms with van der Waals surface area (Å²) in [5, 5.41) is 2.69. The molecular formula is C17H20N2. The third kappa shape index (κ3) is 2.24. The number of para-hydroxylation sites is 2. The molecule has 3 rings (SSSR count). The minimum absolute atomic E-state index is 0.285. The molecule has 2 N–H and O–H groups in total. The van der Waals surface area contributed by atoms with Gasteiger partial charge < -0.3 is 10.3 Å². The highest BCUT2D eigenvalue weighted by Crippen LogP contribution is 2.28. The van der Waals surface area contributed by atoms with Gasteiger partial charge >= 0.3 is 0 Å². The van der Waals surface area contributed by atoms with Crippen LogP contribution in [0.1, 0.15) is 19.8 Å². The van der Waals surface area contributed by atoms with Crippen molar-refractivity contribution in [1.29, 1.82) is 0 Å². The number of hydrogen-bond donors (Lipinski definition) is 1. The Morgan fingerprint density at radius 1 is 0.947 bits per heavy atom. The van der Waals surface area contributed by atoms with E-state index in [1.54, 1.807) is 0 Å². The zero-order chi connectivity index (χ0) is 13.2. The summed E-state index contributed by atoms with van der Waals surface area (Å²) in [6, 6.07) is 17.6. The molecule has 0 aliphatic heterocycles. The Bertz CT molecular complexity index is 641. The second kappa shape index (κ2) is 5.06. The van der Waals surface area contributed by atoms with Crippen molar-refractivity contribution >= 4 is 21.8 Å². The van der Waals surface area contributed by atoms with E-state index >= 15 is 0 Å². The summed E-state index contributed by atoms with van der Waals surface area (Å²) in [5.41, 5.74) is 8.50. The molecule has 3 aromatic rings. The van der Waals surface area contributed by atoms with E-state index in [-0.39, 0.29) is 6.04 Å². The molecule has 0 aliphatic rings. The van der Waals surface area contributed by atoms with Gasteiger partial charge in [-0.05, 0) is 31.9 Å². The zero-order valence-electron chi connectivity index (χ0n) is 11.3. The number of rotatable bonds is 4. The first-order valence-electron chi connectivity index (χ1n) is 6.99. The highest BCUT2D eigenvalue weighted by molar-refractivity contribution is 6.07. The molecule has 19 heavy (non-hydrogen) atoms. The van der Waals surface area contributed by atoms with E-state index in [0.717, 1.165) is 19.4 Å². The molecule has 0 amide bonds. The number of nitrogens with two attached hydrogens (primary N) is 1. The van der Waals surface area contributed by atoms with Gasteiger partial charge in [0.05, 0.1) is 0 Å². The normalized spacial score (nSPS) is 13.2. The fraction of sp³-hybridized carbons (Fsp3) is 0.294. The molecule has 1 aromatic heterocycles. The van der Waals surface area contributed by atoms with Gasteiger partial charge in [-0.2, -0.15) is 0 Å². The Hall–Kier alpha value is -1.80. The molecular weight excluding hydrogens is 232 g/mol. The number of aryl methyl sites for hydroxylation is 1. The minimum atomic E-state index is 0.285. The molecule has 0 spiro atoms. The van der Waals surface area contributed by atoms with Crippen LogP contribution in [-0.2, 0) is 6.54 Å². The van der Waals surface area contributed by atoms with Gasteiger partial charge in [0.15, 0.2) is 0 Å². The zero-order valence-corrected chi connectivity index (χ0v) is 11.3. The molecule has 0 aliphatic carbocycles. The average Bonchev–Trinajstić information content (AvgIpc) is 2.74. The smallest absolute Gasteiger partial charge is 0.0491 e. The first-order valence-corrected chi connectivity index (χ1v) is 6.99. The molecule has 1 unspecified atom stereocenters. The maximum atomic E-state index is 5.85.